The normalized spacial score (nSPS) is 11.3. The molecular formula is C47H31N. The lowest BCUT2D eigenvalue weighted by Gasteiger charge is -2.22. The van der Waals surface area contributed by atoms with Crippen molar-refractivity contribution >= 4 is 32.3 Å². The Labute approximate surface area is 280 Å². The lowest BCUT2D eigenvalue weighted by atomic mass is 9.82. The Morgan fingerprint density at radius 1 is 0.271 bits per heavy atom. The molecule has 0 fully saturated rings. The van der Waals surface area contributed by atoms with Gasteiger partial charge >= 0.3 is 0 Å². The topological polar surface area (TPSA) is 12.9 Å². The Bertz CT molecular complexity index is 2550. The first-order chi connectivity index (χ1) is 23.9. The van der Waals surface area contributed by atoms with Gasteiger partial charge in [0.1, 0.15) is 0 Å². The zero-order valence-electron chi connectivity index (χ0n) is 26.3. The smallest absolute Gasteiger partial charge is 0.0792 e. The van der Waals surface area contributed by atoms with Gasteiger partial charge < -0.3 is 0 Å². The Balaban J connectivity index is 1.45. The van der Waals surface area contributed by atoms with Crippen LogP contribution in [0.3, 0.4) is 0 Å². The molecule has 1 heteroatoms. The lowest BCUT2D eigenvalue weighted by molar-refractivity contribution is 1.32. The van der Waals surface area contributed by atoms with E-state index in [2.05, 4.69) is 182 Å². The summed E-state index contributed by atoms with van der Waals surface area (Å²) in [5.41, 5.74) is 11.5. The molecule has 0 aliphatic heterocycles. The van der Waals surface area contributed by atoms with Gasteiger partial charge in [0.15, 0.2) is 0 Å². The molecule has 0 saturated carbocycles. The van der Waals surface area contributed by atoms with Gasteiger partial charge in [0, 0.05) is 17.3 Å². The van der Waals surface area contributed by atoms with Crippen molar-refractivity contribution in [3.8, 4) is 55.8 Å². The zero-order chi connectivity index (χ0) is 31.9. The SMILES string of the molecule is c1ccc(-c2ccnc(-c3ccccc3-c3c(-c4ccccc4)ccc4c5ccccc5c5ccccc5c34)c2-c2ccccc2)cc1. The van der Waals surface area contributed by atoms with Crippen molar-refractivity contribution < 1.29 is 0 Å². The molecule has 0 aliphatic rings. The van der Waals surface area contributed by atoms with Crippen molar-refractivity contribution in [3.05, 3.63) is 188 Å². The van der Waals surface area contributed by atoms with Crippen molar-refractivity contribution in [1.29, 1.82) is 0 Å². The van der Waals surface area contributed by atoms with E-state index in [1.54, 1.807) is 0 Å². The zero-order valence-corrected chi connectivity index (χ0v) is 26.3. The third kappa shape index (κ3) is 4.60. The summed E-state index contributed by atoms with van der Waals surface area (Å²) in [6.45, 7) is 0. The van der Waals surface area contributed by atoms with Gasteiger partial charge in [-0.1, -0.05) is 176 Å². The highest BCUT2D eigenvalue weighted by atomic mass is 14.7. The summed E-state index contributed by atoms with van der Waals surface area (Å²) >= 11 is 0. The summed E-state index contributed by atoms with van der Waals surface area (Å²) in [6.07, 6.45) is 1.96. The number of aromatic nitrogens is 1. The molecule has 1 nitrogen and oxygen atoms in total. The summed E-state index contributed by atoms with van der Waals surface area (Å²) < 4.78 is 0. The molecular weight excluding hydrogens is 579 g/mol. The van der Waals surface area contributed by atoms with E-state index in [4.69, 9.17) is 4.98 Å². The first kappa shape index (κ1) is 28.0. The standard InChI is InChI=1S/C47H31N/c1-4-16-32(17-5-1)35-28-29-42-39-24-11-10-22-37(39)38-23-12-13-25-40(38)46(42)45(35)41-26-14-15-27-43(41)47-44(34-20-8-3-9-21-34)36(30-31-48-47)33-18-6-2-7-19-33/h1-31H. The minimum Gasteiger partial charge on any atom is -0.256 e. The van der Waals surface area contributed by atoms with Crippen LogP contribution in [0.4, 0.5) is 0 Å². The minimum atomic E-state index is 0.972. The fraction of sp³-hybridized carbons (Fsp3) is 0. The minimum absolute atomic E-state index is 0.972. The van der Waals surface area contributed by atoms with Gasteiger partial charge in [-0.3, -0.25) is 4.98 Å². The number of benzene rings is 8. The Morgan fingerprint density at radius 2 is 0.708 bits per heavy atom. The molecule has 0 atom stereocenters. The molecule has 9 rings (SSSR count). The van der Waals surface area contributed by atoms with E-state index in [0.717, 1.165) is 27.9 Å². The van der Waals surface area contributed by atoms with Crippen LogP contribution in [0.5, 0.6) is 0 Å². The molecule has 48 heavy (non-hydrogen) atoms. The number of pyridine rings is 1. The molecule has 0 radical (unpaired) electrons. The highest BCUT2D eigenvalue weighted by Gasteiger charge is 2.22. The number of hydrogen-bond donors (Lipinski definition) is 0. The van der Waals surface area contributed by atoms with Crippen molar-refractivity contribution in [3.63, 3.8) is 0 Å². The van der Waals surface area contributed by atoms with E-state index in [0.29, 0.717) is 0 Å². The Morgan fingerprint density at radius 3 is 1.31 bits per heavy atom. The van der Waals surface area contributed by atoms with E-state index in [-0.39, 0.29) is 0 Å². The number of hydrogen-bond acceptors (Lipinski definition) is 1. The summed E-state index contributed by atoms with van der Waals surface area (Å²) in [6, 6.07) is 65.5. The fourth-order valence-electron chi connectivity index (χ4n) is 7.46. The maximum atomic E-state index is 5.19. The van der Waals surface area contributed by atoms with Crippen LogP contribution in [0.2, 0.25) is 0 Å². The molecule has 0 unspecified atom stereocenters. The highest BCUT2D eigenvalue weighted by Crippen LogP contribution is 2.48. The lowest BCUT2D eigenvalue weighted by Crippen LogP contribution is -1.97. The average Bonchev–Trinajstić information content (AvgIpc) is 3.18. The van der Waals surface area contributed by atoms with Crippen LogP contribution in [0.1, 0.15) is 0 Å². The Kier molecular flexibility index (Phi) is 6.87. The fourth-order valence-corrected chi connectivity index (χ4v) is 7.46. The van der Waals surface area contributed by atoms with E-state index >= 15 is 0 Å². The summed E-state index contributed by atoms with van der Waals surface area (Å²) in [4.78, 5) is 5.19. The predicted octanol–water partition coefficient (Wildman–Crippen LogP) is 12.9. The summed E-state index contributed by atoms with van der Waals surface area (Å²) in [5, 5.41) is 7.57. The first-order valence-electron chi connectivity index (χ1n) is 16.5. The maximum absolute atomic E-state index is 5.19. The molecule has 0 saturated heterocycles. The van der Waals surface area contributed by atoms with Crippen LogP contribution in [-0.2, 0) is 0 Å². The maximum Gasteiger partial charge on any atom is 0.0792 e. The van der Waals surface area contributed by atoms with Gasteiger partial charge in [-0.25, -0.2) is 0 Å². The quantitative estimate of drug-likeness (QED) is 0.177. The number of nitrogens with zero attached hydrogens (tertiary/aromatic N) is 1. The molecule has 9 aromatic rings. The Hall–Kier alpha value is -6.31. The molecule has 0 N–H and O–H groups in total. The van der Waals surface area contributed by atoms with Gasteiger partial charge in [0.25, 0.3) is 0 Å². The average molecular weight is 610 g/mol. The molecule has 1 heterocycles. The second-order valence-corrected chi connectivity index (χ2v) is 12.2. The second-order valence-electron chi connectivity index (χ2n) is 12.2. The van der Waals surface area contributed by atoms with Crippen molar-refractivity contribution in [2.75, 3.05) is 0 Å². The van der Waals surface area contributed by atoms with Crippen LogP contribution < -0.4 is 0 Å². The van der Waals surface area contributed by atoms with Gasteiger partial charge in [0.2, 0.25) is 0 Å². The van der Waals surface area contributed by atoms with Gasteiger partial charge in [0.05, 0.1) is 5.69 Å². The molecule has 1 aromatic heterocycles. The summed E-state index contributed by atoms with van der Waals surface area (Å²) in [7, 11) is 0. The number of rotatable bonds is 5. The molecule has 8 aromatic carbocycles. The van der Waals surface area contributed by atoms with Crippen molar-refractivity contribution in [2.24, 2.45) is 0 Å². The van der Waals surface area contributed by atoms with Gasteiger partial charge in [-0.05, 0) is 77.3 Å². The monoisotopic (exact) mass is 609 g/mol. The van der Waals surface area contributed by atoms with Crippen LogP contribution in [0, 0.1) is 0 Å². The van der Waals surface area contributed by atoms with E-state index < -0.39 is 0 Å². The molecule has 0 spiro atoms. The highest BCUT2D eigenvalue weighted by molar-refractivity contribution is 6.30. The third-order valence-electron chi connectivity index (χ3n) is 9.54. The van der Waals surface area contributed by atoms with E-state index in [9.17, 15) is 0 Å². The van der Waals surface area contributed by atoms with E-state index in [1.807, 2.05) is 6.20 Å². The summed E-state index contributed by atoms with van der Waals surface area (Å²) in [5.74, 6) is 0. The van der Waals surface area contributed by atoms with Crippen molar-refractivity contribution in [2.45, 2.75) is 0 Å². The van der Waals surface area contributed by atoms with Crippen LogP contribution >= 0.6 is 0 Å². The largest absolute Gasteiger partial charge is 0.256 e. The van der Waals surface area contributed by atoms with Crippen LogP contribution in [0.25, 0.3) is 88.1 Å². The molecule has 0 aliphatic carbocycles. The van der Waals surface area contributed by atoms with Crippen LogP contribution in [-0.4, -0.2) is 4.98 Å². The second kappa shape index (κ2) is 11.8. The first-order valence-corrected chi connectivity index (χ1v) is 16.5. The van der Waals surface area contributed by atoms with E-state index in [1.165, 1.54) is 60.1 Å². The molecule has 224 valence electrons. The number of fused-ring (bicyclic) bond motifs is 6. The van der Waals surface area contributed by atoms with Crippen molar-refractivity contribution in [1.82, 2.24) is 4.98 Å². The third-order valence-corrected chi connectivity index (χ3v) is 9.54. The predicted molar refractivity (Wildman–Crippen MR) is 204 cm³/mol. The van der Waals surface area contributed by atoms with Crippen LogP contribution in [0.15, 0.2) is 188 Å². The molecule has 0 bridgehead atoms. The molecule has 0 amide bonds. The van der Waals surface area contributed by atoms with Gasteiger partial charge in [-0.2, -0.15) is 0 Å². The van der Waals surface area contributed by atoms with Gasteiger partial charge in [-0.15, -0.1) is 0 Å².